The maximum atomic E-state index is 12.2. The van der Waals surface area contributed by atoms with Crippen LogP contribution in [0.3, 0.4) is 0 Å². The number of aliphatic hydroxyl groups is 1. The molecule has 5 rings (SSSR count). The number of hydrogen-bond donors (Lipinski definition) is 3. The number of nitrogens with one attached hydrogen (secondary N) is 1. The van der Waals surface area contributed by atoms with E-state index in [-0.39, 0.29) is 22.7 Å². The first-order valence-electron chi connectivity index (χ1n) is 11.9. The van der Waals surface area contributed by atoms with Crippen LogP contribution < -0.4 is 11.2 Å². The number of urea groups is 1. The van der Waals surface area contributed by atoms with E-state index in [9.17, 15) is 14.7 Å². The number of hydrogen-bond acceptors (Lipinski definition) is 5. The highest BCUT2D eigenvalue weighted by molar-refractivity contribution is 5.87. The van der Waals surface area contributed by atoms with Crippen LogP contribution in [0.4, 0.5) is 4.79 Å². The summed E-state index contributed by atoms with van der Waals surface area (Å²) in [6.45, 7) is 5.09. The van der Waals surface area contributed by atoms with Gasteiger partial charge in [0.05, 0.1) is 5.60 Å². The number of nitrogens with zero attached hydrogens (tertiary/aromatic N) is 1. The van der Waals surface area contributed by atoms with E-state index in [0.717, 1.165) is 69.1 Å². The van der Waals surface area contributed by atoms with Crippen LogP contribution in [0, 0.1) is 34.5 Å². The van der Waals surface area contributed by atoms with E-state index in [1.807, 2.05) is 0 Å². The van der Waals surface area contributed by atoms with Crippen molar-refractivity contribution < 1.29 is 19.4 Å². The van der Waals surface area contributed by atoms with Crippen LogP contribution in [0.25, 0.3) is 0 Å². The summed E-state index contributed by atoms with van der Waals surface area (Å²) in [5.74, 6) is 1.34. The number of ether oxygens (including phenoxy) is 1. The van der Waals surface area contributed by atoms with Gasteiger partial charge in [-0.15, -0.1) is 0 Å². The van der Waals surface area contributed by atoms with Gasteiger partial charge in [0.2, 0.25) is 0 Å². The maximum Gasteiger partial charge on any atom is 0.332 e. The first-order valence-corrected chi connectivity index (χ1v) is 11.9. The largest absolute Gasteiger partial charge is 0.458 e. The van der Waals surface area contributed by atoms with Gasteiger partial charge in [-0.3, -0.25) is 0 Å². The maximum absolute atomic E-state index is 12.2. The van der Waals surface area contributed by atoms with Gasteiger partial charge in [0, 0.05) is 17.2 Å². The van der Waals surface area contributed by atoms with Crippen molar-refractivity contribution in [3.05, 3.63) is 11.6 Å². The highest BCUT2D eigenvalue weighted by Crippen LogP contribution is 2.69. The van der Waals surface area contributed by atoms with Crippen LogP contribution >= 0.6 is 0 Å². The molecule has 0 bridgehead atoms. The van der Waals surface area contributed by atoms with Crippen molar-refractivity contribution >= 4 is 17.7 Å². The number of fused-ring (bicyclic) bond motifs is 5. The molecule has 2 amide bonds. The molecule has 31 heavy (non-hydrogen) atoms. The average molecular weight is 430 g/mol. The zero-order chi connectivity index (χ0) is 22.0. The Labute approximate surface area is 183 Å². The summed E-state index contributed by atoms with van der Waals surface area (Å²) in [7, 11) is 0. The van der Waals surface area contributed by atoms with Crippen LogP contribution in [-0.4, -0.2) is 35.0 Å². The lowest BCUT2D eigenvalue weighted by atomic mass is 9.43. The fourth-order valence-corrected chi connectivity index (χ4v) is 8.45. The number of carbonyl (C=O) groups is 2. The van der Waals surface area contributed by atoms with Gasteiger partial charge in [0.15, 0.2) is 0 Å². The molecular weight excluding hydrogens is 394 g/mol. The second kappa shape index (κ2) is 7.06. The van der Waals surface area contributed by atoms with Crippen molar-refractivity contribution in [2.24, 2.45) is 45.3 Å². The topological polar surface area (TPSA) is 114 Å². The highest BCUT2D eigenvalue weighted by Gasteiger charge is 2.67. The van der Waals surface area contributed by atoms with Crippen LogP contribution in [0.2, 0.25) is 0 Å². The van der Waals surface area contributed by atoms with Gasteiger partial charge >= 0.3 is 12.0 Å². The molecule has 0 saturated heterocycles. The standard InChI is InChI=1S/C24H35N3O4/c1-22-8-5-16(26-27-21(25)29)12-15(22)3-4-19-18(22)6-9-23(2)17(7-10-24(19,23)30)14-11-20(28)31-13-14/h11,15,17-19,30H,3-10,12-13H2,1-2H3,(H3,25,27,29)/t15-,17+,18-,19+,22-,23+,24-/m0/s1. The SMILES string of the molecule is C[C@]12CCC(=NNC(N)=O)C[C@@H]1CC[C@@H]1[C@@H]2CC[C@]2(C)[C@@H](C3=CC(=O)OC3)CC[C@]12O. The molecule has 0 aromatic heterocycles. The molecule has 1 heterocycles. The second-order valence-electron chi connectivity index (χ2n) is 11.1. The second-order valence-corrected chi connectivity index (χ2v) is 11.1. The fourth-order valence-electron chi connectivity index (χ4n) is 8.45. The first-order chi connectivity index (χ1) is 14.7. The third-order valence-corrected chi connectivity index (χ3v) is 10.1. The minimum absolute atomic E-state index is 0.190. The number of primary amides is 1. The van der Waals surface area contributed by atoms with Gasteiger partial charge in [0.25, 0.3) is 0 Å². The molecule has 7 atom stereocenters. The Kier molecular flexibility index (Phi) is 4.78. The predicted octanol–water partition coefficient (Wildman–Crippen LogP) is 3.27. The van der Waals surface area contributed by atoms with Gasteiger partial charge in [-0.2, -0.15) is 5.10 Å². The Balaban J connectivity index is 1.39. The molecule has 5 aliphatic rings. The van der Waals surface area contributed by atoms with E-state index < -0.39 is 11.6 Å². The highest BCUT2D eigenvalue weighted by atomic mass is 16.5. The molecule has 7 heteroatoms. The van der Waals surface area contributed by atoms with Gasteiger partial charge in [-0.05, 0) is 92.4 Å². The monoisotopic (exact) mass is 429 g/mol. The minimum Gasteiger partial charge on any atom is -0.458 e. The van der Waals surface area contributed by atoms with Crippen molar-refractivity contribution in [2.75, 3.05) is 6.61 Å². The summed E-state index contributed by atoms with van der Waals surface area (Å²) in [5.41, 5.74) is 9.03. The van der Waals surface area contributed by atoms with Gasteiger partial charge in [-0.25, -0.2) is 15.0 Å². The van der Waals surface area contributed by atoms with Crippen LogP contribution in [0.5, 0.6) is 0 Å². The molecule has 0 unspecified atom stereocenters. The third-order valence-electron chi connectivity index (χ3n) is 10.1. The summed E-state index contributed by atoms with van der Waals surface area (Å²) >= 11 is 0. The number of esters is 1. The molecular formula is C24H35N3O4. The summed E-state index contributed by atoms with van der Waals surface area (Å²) in [4.78, 5) is 22.7. The van der Waals surface area contributed by atoms with Crippen LogP contribution in [0.15, 0.2) is 16.8 Å². The zero-order valence-corrected chi connectivity index (χ0v) is 18.7. The summed E-state index contributed by atoms with van der Waals surface area (Å²) in [6, 6.07) is -0.612. The molecule has 170 valence electrons. The lowest BCUT2D eigenvalue weighted by Gasteiger charge is -2.63. The molecule has 4 fully saturated rings. The van der Waals surface area contributed by atoms with Gasteiger partial charge in [-0.1, -0.05) is 13.8 Å². The molecule has 4 saturated carbocycles. The number of carbonyl (C=O) groups excluding carboxylic acids is 2. The van der Waals surface area contributed by atoms with E-state index in [2.05, 4.69) is 24.4 Å². The van der Waals surface area contributed by atoms with E-state index in [1.54, 1.807) is 6.08 Å². The predicted molar refractivity (Wildman–Crippen MR) is 116 cm³/mol. The van der Waals surface area contributed by atoms with E-state index >= 15 is 0 Å². The fraction of sp³-hybridized carbons (Fsp3) is 0.792. The average Bonchev–Trinajstić information content (AvgIpc) is 3.26. The summed E-state index contributed by atoms with van der Waals surface area (Å²) in [6.07, 6.45) is 10.5. The van der Waals surface area contributed by atoms with Crippen molar-refractivity contribution in [3.8, 4) is 0 Å². The van der Waals surface area contributed by atoms with Crippen LogP contribution in [-0.2, 0) is 9.53 Å². The van der Waals surface area contributed by atoms with Gasteiger partial charge < -0.3 is 15.6 Å². The van der Waals surface area contributed by atoms with Crippen molar-refractivity contribution in [3.63, 3.8) is 0 Å². The Morgan fingerprint density at radius 1 is 1.19 bits per heavy atom. The van der Waals surface area contributed by atoms with Crippen molar-refractivity contribution in [2.45, 2.75) is 77.2 Å². The molecule has 7 nitrogen and oxygen atoms in total. The Morgan fingerprint density at radius 2 is 2.00 bits per heavy atom. The zero-order valence-electron chi connectivity index (χ0n) is 18.7. The summed E-state index contributed by atoms with van der Waals surface area (Å²) in [5, 5.41) is 16.5. The molecule has 0 aromatic rings. The first kappa shape index (κ1) is 21.0. The third kappa shape index (κ3) is 2.99. The van der Waals surface area contributed by atoms with E-state index in [1.165, 1.54) is 0 Å². The smallest absolute Gasteiger partial charge is 0.332 e. The minimum atomic E-state index is -0.678. The molecule has 4 N–H and O–H groups in total. The van der Waals surface area contributed by atoms with Crippen molar-refractivity contribution in [1.29, 1.82) is 0 Å². The van der Waals surface area contributed by atoms with Crippen molar-refractivity contribution in [1.82, 2.24) is 5.43 Å². The Hall–Kier alpha value is -1.89. The molecule has 1 aliphatic heterocycles. The lowest BCUT2D eigenvalue weighted by molar-refractivity contribution is -0.200. The number of amides is 2. The number of nitrogens with two attached hydrogens (primary N) is 1. The molecule has 0 aromatic carbocycles. The van der Waals surface area contributed by atoms with Crippen LogP contribution in [0.1, 0.15) is 71.6 Å². The van der Waals surface area contributed by atoms with E-state index in [0.29, 0.717) is 24.4 Å². The van der Waals surface area contributed by atoms with E-state index in [4.69, 9.17) is 10.5 Å². The molecule has 0 radical (unpaired) electrons. The summed E-state index contributed by atoms with van der Waals surface area (Å²) < 4.78 is 5.22. The normalized spacial score (nSPS) is 47.8. The number of rotatable bonds is 2. The van der Waals surface area contributed by atoms with Gasteiger partial charge in [0.1, 0.15) is 6.61 Å². The quantitative estimate of drug-likeness (QED) is 0.462. The number of cyclic esters (lactones) is 1. The Bertz CT molecular complexity index is 869. The Morgan fingerprint density at radius 3 is 2.71 bits per heavy atom. The molecule has 4 aliphatic carbocycles. The number of hydrazone groups is 1. The molecule has 0 spiro atoms. The lowest BCUT2D eigenvalue weighted by Crippen LogP contribution is -2.62.